The standard InChI is InChI=1S/C12H24N2O3S/c1-4-18(16,17)9-10(2)14(3)12(15)8-13-7-11-5-6-11/h10-11,13H,4-9H2,1-3H3. The first kappa shape index (κ1) is 15.4. The Morgan fingerprint density at radius 1 is 1.44 bits per heavy atom. The zero-order valence-corrected chi connectivity index (χ0v) is 12.3. The van der Waals surface area contributed by atoms with Gasteiger partial charge in [-0.05, 0) is 32.2 Å². The van der Waals surface area contributed by atoms with Crippen LogP contribution in [-0.4, -0.2) is 56.9 Å². The van der Waals surface area contributed by atoms with Gasteiger partial charge in [0.2, 0.25) is 5.91 Å². The van der Waals surface area contributed by atoms with E-state index in [-0.39, 0.29) is 23.5 Å². The predicted molar refractivity (Wildman–Crippen MR) is 72.2 cm³/mol. The number of carbonyl (C=O) groups excluding carboxylic acids is 1. The molecule has 0 radical (unpaired) electrons. The predicted octanol–water partition coefficient (Wildman–Crippen LogP) is 0.268. The molecule has 1 aliphatic carbocycles. The van der Waals surface area contributed by atoms with Crippen LogP contribution in [0.5, 0.6) is 0 Å². The van der Waals surface area contributed by atoms with Gasteiger partial charge in [-0.2, -0.15) is 0 Å². The maximum absolute atomic E-state index is 11.8. The normalized spacial score (nSPS) is 17.5. The lowest BCUT2D eigenvalue weighted by Gasteiger charge is -2.24. The molecule has 1 fully saturated rings. The molecular formula is C12H24N2O3S. The lowest BCUT2D eigenvalue weighted by molar-refractivity contribution is -0.130. The molecule has 18 heavy (non-hydrogen) atoms. The van der Waals surface area contributed by atoms with Crippen LogP contribution >= 0.6 is 0 Å². The van der Waals surface area contributed by atoms with Crippen molar-refractivity contribution in [2.24, 2.45) is 5.92 Å². The third kappa shape index (κ3) is 5.35. The zero-order valence-electron chi connectivity index (χ0n) is 11.5. The molecule has 0 bridgehead atoms. The first-order valence-electron chi connectivity index (χ1n) is 6.52. The molecule has 0 aliphatic heterocycles. The molecule has 1 N–H and O–H groups in total. The quantitative estimate of drug-likeness (QED) is 0.691. The van der Waals surface area contributed by atoms with Crippen molar-refractivity contribution in [2.45, 2.75) is 32.7 Å². The van der Waals surface area contributed by atoms with Crippen molar-refractivity contribution in [1.82, 2.24) is 10.2 Å². The fourth-order valence-electron chi connectivity index (χ4n) is 1.67. The van der Waals surface area contributed by atoms with Crippen molar-refractivity contribution in [3.8, 4) is 0 Å². The van der Waals surface area contributed by atoms with Crippen molar-refractivity contribution in [2.75, 3.05) is 31.6 Å². The van der Waals surface area contributed by atoms with Crippen LogP contribution < -0.4 is 5.32 Å². The highest BCUT2D eigenvalue weighted by molar-refractivity contribution is 7.91. The minimum absolute atomic E-state index is 0.0361. The largest absolute Gasteiger partial charge is 0.341 e. The number of sulfone groups is 1. The van der Waals surface area contributed by atoms with Gasteiger partial charge in [-0.25, -0.2) is 8.42 Å². The molecule has 106 valence electrons. The first-order valence-corrected chi connectivity index (χ1v) is 8.34. The number of amides is 1. The van der Waals surface area contributed by atoms with Crippen molar-refractivity contribution >= 4 is 15.7 Å². The molecule has 1 rings (SSSR count). The van der Waals surface area contributed by atoms with Crippen LogP contribution in [0.25, 0.3) is 0 Å². The molecule has 0 heterocycles. The van der Waals surface area contributed by atoms with Crippen molar-refractivity contribution in [1.29, 1.82) is 0 Å². The fourth-order valence-corrected chi connectivity index (χ4v) is 2.87. The Bertz CT molecular complexity index is 377. The number of likely N-dealkylation sites (N-methyl/N-ethyl adjacent to an activating group) is 1. The Labute approximate surface area is 110 Å². The molecule has 0 aromatic carbocycles. The minimum Gasteiger partial charge on any atom is -0.341 e. The highest BCUT2D eigenvalue weighted by atomic mass is 32.2. The van der Waals surface area contributed by atoms with E-state index in [2.05, 4.69) is 5.32 Å². The Hall–Kier alpha value is -0.620. The number of nitrogens with one attached hydrogen (secondary N) is 1. The summed E-state index contributed by atoms with van der Waals surface area (Å²) in [6, 6.07) is -0.273. The molecule has 5 nitrogen and oxygen atoms in total. The second-order valence-electron chi connectivity index (χ2n) is 5.13. The topological polar surface area (TPSA) is 66.5 Å². The average Bonchev–Trinajstić information content (AvgIpc) is 3.11. The van der Waals surface area contributed by atoms with Crippen molar-refractivity contribution < 1.29 is 13.2 Å². The molecular weight excluding hydrogens is 252 g/mol. The van der Waals surface area contributed by atoms with E-state index in [4.69, 9.17) is 0 Å². The van der Waals surface area contributed by atoms with Gasteiger partial charge >= 0.3 is 0 Å². The van der Waals surface area contributed by atoms with Gasteiger partial charge in [-0.3, -0.25) is 4.79 Å². The summed E-state index contributed by atoms with van der Waals surface area (Å²) in [6.07, 6.45) is 2.50. The fraction of sp³-hybridized carbons (Fsp3) is 0.917. The van der Waals surface area contributed by atoms with E-state index >= 15 is 0 Å². The lowest BCUT2D eigenvalue weighted by atomic mass is 10.3. The third-order valence-electron chi connectivity index (χ3n) is 3.40. The summed E-state index contributed by atoms with van der Waals surface area (Å²) in [6.45, 7) is 4.58. The van der Waals surface area contributed by atoms with Gasteiger partial charge in [-0.15, -0.1) is 0 Å². The van der Waals surface area contributed by atoms with Crippen LogP contribution in [0.3, 0.4) is 0 Å². The van der Waals surface area contributed by atoms with Crippen LogP contribution in [0.4, 0.5) is 0 Å². The summed E-state index contributed by atoms with van der Waals surface area (Å²) in [5.74, 6) is 0.851. The number of carbonyl (C=O) groups is 1. The van der Waals surface area contributed by atoms with Gasteiger partial charge in [0.25, 0.3) is 0 Å². The van der Waals surface area contributed by atoms with Gasteiger partial charge < -0.3 is 10.2 Å². The van der Waals surface area contributed by atoms with Gasteiger partial charge in [0.05, 0.1) is 12.3 Å². The second-order valence-corrected chi connectivity index (χ2v) is 7.52. The van der Waals surface area contributed by atoms with E-state index < -0.39 is 9.84 Å². The SMILES string of the molecule is CCS(=O)(=O)CC(C)N(C)C(=O)CNCC1CC1. The Kier molecular flexibility index (Phi) is 5.59. The monoisotopic (exact) mass is 276 g/mol. The van der Waals surface area contributed by atoms with Crippen LogP contribution in [0.15, 0.2) is 0 Å². The summed E-state index contributed by atoms with van der Waals surface area (Å²) in [5.41, 5.74) is 0. The smallest absolute Gasteiger partial charge is 0.236 e. The van der Waals surface area contributed by atoms with Crippen LogP contribution in [0.1, 0.15) is 26.7 Å². The van der Waals surface area contributed by atoms with Gasteiger partial charge in [0.1, 0.15) is 0 Å². The number of hydrogen-bond acceptors (Lipinski definition) is 4. The maximum atomic E-state index is 11.8. The molecule has 1 unspecified atom stereocenters. The highest BCUT2D eigenvalue weighted by Gasteiger charge is 2.23. The van der Waals surface area contributed by atoms with Crippen molar-refractivity contribution in [3.63, 3.8) is 0 Å². The Morgan fingerprint density at radius 2 is 2.06 bits per heavy atom. The summed E-state index contributed by atoms with van der Waals surface area (Å²) in [4.78, 5) is 13.4. The molecule has 1 atom stereocenters. The maximum Gasteiger partial charge on any atom is 0.236 e. The van der Waals surface area contributed by atoms with Crippen molar-refractivity contribution in [3.05, 3.63) is 0 Å². The van der Waals surface area contributed by atoms with E-state index in [1.807, 2.05) is 0 Å². The highest BCUT2D eigenvalue weighted by Crippen LogP contribution is 2.27. The lowest BCUT2D eigenvalue weighted by Crippen LogP contribution is -2.44. The van der Waals surface area contributed by atoms with E-state index in [1.54, 1.807) is 20.9 Å². The van der Waals surface area contributed by atoms with Gasteiger partial charge in [0, 0.05) is 18.8 Å². The second kappa shape index (κ2) is 6.52. The number of hydrogen-bond donors (Lipinski definition) is 1. The van der Waals surface area contributed by atoms with Crippen LogP contribution in [0, 0.1) is 5.92 Å². The molecule has 1 aliphatic rings. The first-order chi connectivity index (χ1) is 8.35. The van der Waals surface area contributed by atoms with E-state index in [0.717, 1.165) is 12.5 Å². The molecule has 0 saturated heterocycles. The van der Waals surface area contributed by atoms with E-state index in [1.165, 1.54) is 17.7 Å². The average molecular weight is 276 g/mol. The molecule has 0 aromatic heterocycles. The third-order valence-corrected chi connectivity index (χ3v) is 5.27. The molecule has 0 aromatic rings. The Balaban J connectivity index is 2.31. The number of rotatable bonds is 8. The minimum atomic E-state index is -3.04. The number of nitrogens with zero attached hydrogens (tertiary/aromatic N) is 1. The summed E-state index contributed by atoms with van der Waals surface area (Å²) in [5, 5.41) is 3.12. The molecule has 6 heteroatoms. The molecule has 1 saturated carbocycles. The Morgan fingerprint density at radius 3 is 2.56 bits per heavy atom. The van der Waals surface area contributed by atoms with E-state index in [0.29, 0.717) is 6.54 Å². The van der Waals surface area contributed by atoms with Crippen LogP contribution in [0.2, 0.25) is 0 Å². The summed E-state index contributed by atoms with van der Waals surface area (Å²) < 4.78 is 23.0. The van der Waals surface area contributed by atoms with Gasteiger partial charge in [-0.1, -0.05) is 6.92 Å². The molecule has 0 spiro atoms. The summed E-state index contributed by atoms with van der Waals surface area (Å²) in [7, 11) is -1.37. The zero-order chi connectivity index (χ0) is 13.8. The summed E-state index contributed by atoms with van der Waals surface area (Å²) >= 11 is 0. The van der Waals surface area contributed by atoms with Crippen LogP contribution in [-0.2, 0) is 14.6 Å². The van der Waals surface area contributed by atoms with E-state index in [9.17, 15) is 13.2 Å². The van der Waals surface area contributed by atoms with Gasteiger partial charge in [0.15, 0.2) is 9.84 Å². The molecule has 1 amide bonds.